The van der Waals surface area contributed by atoms with Gasteiger partial charge in [0.05, 0.1) is 22.9 Å². The standard InChI is InChI=1S/C20H16N6O2S/c1-2-4-17(27)18(14-9-7-13(12-21)8-10-14)19(28)22-15-5-3-6-16(11-15)26-20(29)23-24-25-26/h2-3,5-11,27H,1,4H2,(H,22,28)(H,23,25,29)/b18-17-. The van der Waals surface area contributed by atoms with Crippen molar-refractivity contribution in [1.29, 1.82) is 5.26 Å². The summed E-state index contributed by atoms with van der Waals surface area (Å²) in [6, 6.07) is 15.3. The number of hydrogen-bond acceptors (Lipinski definition) is 7. The molecule has 144 valence electrons. The summed E-state index contributed by atoms with van der Waals surface area (Å²) in [4.78, 5) is 13.0. The van der Waals surface area contributed by atoms with Gasteiger partial charge in [-0.15, -0.1) is 24.3 Å². The van der Waals surface area contributed by atoms with Crippen LogP contribution < -0.4 is 5.32 Å². The van der Waals surface area contributed by atoms with Gasteiger partial charge in [0.1, 0.15) is 5.76 Å². The number of aliphatic hydroxyl groups is 1. The molecule has 1 aromatic heterocycles. The monoisotopic (exact) mass is 404 g/mol. The van der Waals surface area contributed by atoms with Crippen molar-refractivity contribution in [2.45, 2.75) is 11.6 Å². The summed E-state index contributed by atoms with van der Waals surface area (Å²) < 4.78 is 1.41. The van der Waals surface area contributed by atoms with Gasteiger partial charge >= 0.3 is 0 Å². The third-order valence-electron chi connectivity index (χ3n) is 3.96. The number of carbonyl (C=O) groups is 1. The molecule has 3 rings (SSSR count). The van der Waals surface area contributed by atoms with Crippen molar-refractivity contribution in [1.82, 2.24) is 20.2 Å². The van der Waals surface area contributed by atoms with Crippen LogP contribution in [0.3, 0.4) is 0 Å². The molecule has 9 heteroatoms. The molecular weight excluding hydrogens is 388 g/mol. The molecule has 2 N–H and O–H groups in total. The highest BCUT2D eigenvalue weighted by atomic mass is 32.1. The number of allylic oxidation sites excluding steroid dienone is 1. The molecule has 0 saturated carbocycles. The van der Waals surface area contributed by atoms with Gasteiger partial charge in [-0.3, -0.25) is 4.79 Å². The van der Waals surface area contributed by atoms with Gasteiger partial charge in [0.15, 0.2) is 0 Å². The minimum atomic E-state index is -0.506. The minimum absolute atomic E-state index is 0.0945. The Morgan fingerprint density at radius 3 is 2.69 bits per heavy atom. The van der Waals surface area contributed by atoms with E-state index in [9.17, 15) is 9.90 Å². The maximum Gasteiger partial charge on any atom is 0.259 e. The number of aliphatic hydroxyl groups excluding tert-OH is 1. The Kier molecular flexibility index (Phi) is 6.06. The number of nitrogens with zero attached hydrogens (tertiary/aromatic N) is 5. The first-order chi connectivity index (χ1) is 14.0. The van der Waals surface area contributed by atoms with Gasteiger partial charge in [-0.05, 0) is 46.3 Å². The fraction of sp³-hybridized carbons (Fsp3) is 0.0500. The Labute approximate surface area is 172 Å². The smallest absolute Gasteiger partial charge is 0.259 e. The molecule has 29 heavy (non-hydrogen) atoms. The zero-order valence-electron chi connectivity index (χ0n) is 15.1. The number of aromatic nitrogens is 4. The summed E-state index contributed by atoms with van der Waals surface area (Å²) in [5.41, 5.74) is 2.12. The van der Waals surface area contributed by atoms with Gasteiger partial charge in [0.25, 0.3) is 5.91 Å². The average Bonchev–Trinajstić information content (AvgIpc) is 3.15. The molecule has 0 bridgehead atoms. The van der Waals surface area contributed by atoms with E-state index in [2.05, 4.69) is 40.0 Å². The van der Waals surface area contributed by atoms with Gasteiger partial charge in [-0.25, -0.2) is 0 Å². The second-order valence-corrected chi connectivity index (χ2v) is 6.30. The Bertz CT molecular complexity index is 1130. The Hall–Kier alpha value is -3.90. The minimum Gasteiger partial charge on any atom is -0.511 e. The third-order valence-corrected chi connectivity index (χ3v) is 4.24. The predicted molar refractivity (Wildman–Crippen MR) is 111 cm³/mol. The van der Waals surface area contributed by atoms with Gasteiger partial charge in [0.2, 0.25) is 5.16 Å². The first-order valence-corrected chi connectivity index (χ1v) is 8.91. The normalized spacial score (nSPS) is 11.3. The molecule has 0 atom stereocenters. The lowest BCUT2D eigenvalue weighted by Gasteiger charge is -2.12. The summed E-state index contributed by atoms with van der Waals surface area (Å²) in [5.74, 6) is -0.634. The topological polar surface area (TPSA) is 117 Å². The Morgan fingerprint density at radius 2 is 2.07 bits per heavy atom. The van der Waals surface area contributed by atoms with E-state index in [4.69, 9.17) is 5.26 Å². The van der Waals surface area contributed by atoms with E-state index in [0.29, 0.717) is 27.7 Å². The molecule has 0 radical (unpaired) electrons. The highest BCUT2D eigenvalue weighted by Crippen LogP contribution is 2.24. The number of tetrazole rings is 1. The van der Waals surface area contributed by atoms with Gasteiger partial charge in [0, 0.05) is 12.1 Å². The zero-order chi connectivity index (χ0) is 20.8. The lowest BCUT2D eigenvalue weighted by Crippen LogP contribution is -2.16. The second kappa shape index (κ2) is 8.86. The van der Waals surface area contributed by atoms with Crippen LogP contribution in [0.5, 0.6) is 0 Å². The van der Waals surface area contributed by atoms with Crippen LogP contribution in [0, 0.1) is 11.3 Å². The van der Waals surface area contributed by atoms with Crippen LogP contribution >= 0.6 is 12.6 Å². The maximum atomic E-state index is 13.0. The number of thiol groups is 1. The molecule has 0 aliphatic carbocycles. The quantitative estimate of drug-likeness (QED) is 0.251. The Morgan fingerprint density at radius 1 is 1.31 bits per heavy atom. The van der Waals surface area contributed by atoms with Crippen LogP contribution in [-0.2, 0) is 4.79 Å². The van der Waals surface area contributed by atoms with Crippen LogP contribution in [0.15, 0.2) is 72.1 Å². The number of anilines is 1. The number of amides is 1. The van der Waals surface area contributed by atoms with E-state index in [-0.39, 0.29) is 17.8 Å². The van der Waals surface area contributed by atoms with Crippen molar-refractivity contribution in [3.63, 3.8) is 0 Å². The predicted octanol–water partition coefficient (Wildman–Crippen LogP) is 3.31. The summed E-state index contributed by atoms with van der Waals surface area (Å²) >= 11 is 4.18. The third kappa shape index (κ3) is 4.51. The summed E-state index contributed by atoms with van der Waals surface area (Å²) in [6.07, 6.45) is 1.62. The lowest BCUT2D eigenvalue weighted by atomic mass is 10.0. The highest BCUT2D eigenvalue weighted by molar-refractivity contribution is 7.80. The summed E-state index contributed by atoms with van der Waals surface area (Å²) in [7, 11) is 0. The van der Waals surface area contributed by atoms with Crippen LogP contribution in [0.1, 0.15) is 17.5 Å². The van der Waals surface area contributed by atoms with E-state index in [1.54, 1.807) is 48.5 Å². The Balaban J connectivity index is 1.93. The maximum absolute atomic E-state index is 13.0. The highest BCUT2D eigenvalue weighted by Gasteiger charge is 2.18. The average molecular weight is 404 g/mol. The van der Waals surface area contributed by atoms with E-state index >= 15 is 0 Å². The van der Waals surface area contributed by atoms with Crippen LogP contribution in [-0.4, -0.2) is 31.2 Å². The lowest BCUT2D eigenvalue weighted by molar-refractivity contribution is -0.111. The molecular formula is C20H16N6O2S. The second-order valence-electron chi connectivity index (χ2n) is 5.90. The number of hydrogen-bond donors (Lipinski definition) is 3. The van der Waals surface area contributed by atoms with Crippen molar-refractivity contribution < 1.29 is 9.90 Å². The fourth-order valence-corrected chi connectivity index (χ4v) is 2.83. The van der Waals surface area contributed by atoms with E-state index in [0.717, 1.165) is 0 Å². The number of rotatable bonds is 6. The van der Waals surface area contributed by atoms with Crippen molar-refractivity contribution in [2.75, 3.05) is 5.32 Å². The van der Waals surface area contributed by atoms with Gasteiger partial charge < -0.3 is 10.4 Å². The number of nitriles is 1. The van der Waals surface area contributed by atoms with Crippen LogP contribution in [0.25, 0.3) is 11.3 Å². The van der Waals surface area contributed by atoms with E-state index in [1.165, 1.54) is 10.8 Å². The van der Waals surface area contributed by atoms with Crippen molar-refractivity contribution in [3.8, 4) is 11.8 Å². The van der Waals surface area contributed by atoms with Crippen molar-refractivity contribution >= 4 is 29.8 Å². The van der Waals surface area contributed by atoms with E-state index < -0.39 is 5.91 Å². The molecule has 2 aromatic carbocycles. The molecule has 0 saturated heterocycles. The number of carbonyl (C=O) groups excluding carboxylic acids is 1. The number of nitrogens with one attached hydrogen (secondary N) is 1. The molecule has 8 nitrogen and oxygen atoms in total. The van der Waals surface area contributed by atoms with Crippen LogP contribution in [0.2, 0.25) is 0 Å². The van der Waals surface area contributed by atoms with E-state index in [1.807, 2.05) is 6.07 Å². The molecule has 0 fully saturated rings. The van der Waals surface area contributed by atoms with Crippen LogP contribution in [0.4, 0.5) is 5.69 Å². The number of benzene rings is 2. The fourth-order valence-electron chi connectivity index (χ4n) is 2.64. The summed E-state index contributed by atoms with van der Waals surface area (Å²) in [5, 5.41) is 33.5. The van der Waals surface area contributed by atoms with Gasteiger partial charge in [-0.1, -0.05) is 24.3 Å². The zero-order valence-corrected chi connectivity index (χ0v) is 16.0. The van der Waals surface area contributed by atoms with Crippen molar-refractivity contribution in [2.24, 2.45) is 0 Å². The van der Waals surface area contributed by atoms with Crippen molar-refractivity contribution in [3.05, 3.63) is 78.1 Å². The molecule has 0 unspecified atom stereocenters. The molecule has 0 aliphatic heterocycles. The molecule has 1 heterocycles. The largest absolute Gasteiger partial charge is 0.511 e. The molecule has 1 amide bonds. The first-order valence-electron chi connectivity index (χ1n) is 8.46. The summed E-state index contributed by atoms with van der Waals surface area (Å²) in [6.45, 7) is 3.60. The van der Waals surface area contributed by atoms with Gasteiger partial charge in [-0.2, -0.15) is 9.94 Å². The molecule has 3 aromatic rings. The first kappa shape index (κ1) is 19.9. The molecule has 0 spiro atoms. The SMILES string of the molecule is C=CC/C(O)=C(/C(=O)Nc1cccc(-n2nnnc2S)c1)c1ccc(C#N)cc1. The molecule has 0 aliphatic rings.